The van der Waals surface area contributed by atoms with Gasteiger partial charge >= 0.3 is 0 Å². The second-order valence-electron chi connectivity index (χ2n) is 5.90. The van der Waals surface area contributed by atoms with Gasteiger partial charge in [-0.15, -0.1) is 0 Å². The molecule has 0 radical (unpaired) electrons. The predicted molar refractivity (Wildman–Crippen MR) is 77.0 cm³/mol. The molecule has 0 amide bonds. The summed E-state index contributed by atoms with van der Waals surface area (Å²) in [4.78, 5) is 10.8. The molecule has 100 valence electrons. The third-order valence-electron chi connectivity index (χ3n) is 3.06. The first-order valence-electron chi connectivity index (χ1n) is 6.69. The molecule has 1 aromatic rings. The van der Waals surface area contributed by atoms with Crippen LogP contribution in [0.1, 0.15) is 45.2 Å². The topological polar surface area (TPSA) is 29.1 Å². The SMILES string of the molecule is CC(=O)CCNCCc1ccc(C(C)(C)C)cc1. The summed E-state index contributed by atoms with van der Waals surface area (Å²) in [6.45, 7) is 10.0. The Morgan fingerprint density at radius 1 is 1.11 bits per heavy atom. The van der Waals surface area contributed by atoms with Gasteiger partial charge in [-0.2, -0.15) is 0 Å². The molecule has 2 nitrogen and oxygen atoms in total. The third-order valence-corrected chi connectivity index (χ3v) is 3.06. The molecule has 1 rings (SSSR count). The maximum Gasteiger partial charge on any atom is 0.131 e. The van der Waals surface area contributed by atoms with E-state index in [1.165, 1.54) is 11.1 Å². The van der Waals surface area contributed by atoms with E-state index in [1.54, 1.807) is 6.92 Å². The van der Waals surface area contributed by atoms with E-state index in [2.05, 4.69) is 50.4 Å². The summed E-state index contributed by atoms with van der Waals surface area (Å²) in [5.74, 6) is 0.247. The third kappa shape index (κ3) is 5.46. The van der Waals surface area contributed by atoms with Crippen LogP contribution in [0, 0.1) is 0 Å². The van der Waals surface area contributed by atoms with Crippen molar-refractivity contribution in [1.82, 2.24) is 5.32 Å². The molecule has 0 heterocycles. The van der Waals surface area contributed by atoms with Gasteiger partial charge in [0.1, 0.15) is 5.78 Å². The predicted octanol–water partition coefficient (Wildman–Crippen LogP) is 3.10. The fraction of sp³-hybridized carbons (Fsp3) is 0.562. The zero-order valence-electron chi connectivity index (χ0n) is 12.0. The molecule has 0 bridgehead atoms. The van der Waals surface area contributed by atoms with E-state index in [-0.39, 0.29) is 11.2 Å². The Kier molecular flexibility index (Phi) is 5.54. The van der Waals surface area contributed by atoms with Gasteiger partial charge in [-0.1, -0.05) is 45.0 Å². The fourth-order valence-corrected chi connectivity index (χ4v) is 1.79. The first-order chi connectivity index (χ1) is 8.39. The molecule has 18 heavy (non-hydrogen) atoms. The number of ketones is 1. The number of Topliss-reactive ketones (excluding diaryl/α,β-unsaturated/α-hetero) is 1. The van der Waals surface area contributed by atoms with Crippen LogP contribution in [-0.2, 0) is 16.6 Å². The molecule has 1 aromatic carbocycles. The van der Waals surface area contributed by atoms with Gasteiger partial charge in [0.05, 0.1) is 0 Å². The van der Waals surface area contributed by atoms with Crippen molar-refractivity contribution in [3.05, 3.63) is 35.4 Å². The summed E-state index contributed by atoms with van der Waals surface area (Å²) in [5, 5.41) is 3.29. The van der Waals surface area contributed by atoms with E-state index in [1.807, 2.05) is 0 Å². The number of nitrogens with one attached hydrogen (secondary N) is 1. The number of hydrogen-bond acceptors (Lipinski definition) is 2. The standard InChI is InChI=1S/C16H25NO/c1-13(18)9-11-17-12-10-14-5-7-15(8-6-14)16(2,3)4/h5-8,17H,9-12H2,1-4H3. The van der Waals surface area contributed by atoms with Gasteiger partial charge in [0.25, 0.3) is 0 Å². The van der Waals surface area contributed by atoms with Crippen LogP contribution in [0.3, 0.4) is 0 Å². The molecule has 2 heteroatoms. The van der Waals surface area contributed by atoms with E-state index >= 15 is 0 Å². The maximum atomic E-state index is 10.8. The molecular weight excluding hydrogens is 222 g/mol. The minimum Gasteiger partial charge on any atom is -0.316 e. The Hall–Kier alpha value is -1.15. The normalized spacial score (nSPS) is 11.6. The van der Waals surface area contributed by atoms with E-state index in [9.17, 15) is 4.79 Å². The highest BCUT2D eigenvalue weighted by Crippen LogP contribution is 2.22. The lowest BCUT2D eigenvalue weighted by Crippen LogP contribution is -2.20. The van der Waals surface area contributed by atoms with Gasteiger partial charge in [0.15, 0.2) is 0 Å². The number of hydrogen-bond donors (Lipinski definition) is 1. The summed E-state index contributed by atoms with van der Waals surface area (Å²) < 4.78 is 0. The summed E-state index contributed by atoms with van der Waals surface area (Å²) in [6, 6.07) is 8.83. The van der Waals surface area contributed by atoms with Crippen molar-refractivity contribution >= 4 is 5.78 Å². The van der Waals surface area contributed by atoms with Gasteiger partial charge in [-0.3, -0.25) is 4.79 Å². The van der Waals surface area contributed by atoms with Gasteiger partial charge in [0, 0.05) is 13.0 Å². The van der Waals surface area contributed by atoms with Crippen molar-refractivity contribution in [1.29, 1.82) is 0 Å². The lowest BCUT2D eigenvalue weighted by molar-refractivity contribution is -0.116. The summed E-state index contributed by atoms with van der Waals surface area (Å²) in [7, 11) is 0. The highest BCUT2D eigenvalue weighted by Gasteiger charge is 2.12. The molecule has 0 saturated heterocycles. The Morgan fingerprint density at radius 3 is 2.22 bits per heavy atom. The Balaban J connectivity index is 2.33. The Bertz CT molecular complexity index is 373. The first-order valence-corrected chi connectivity index (χ1v) is 6.69. The fourth-order valence-electron chi connectivity index (χ4n) is 1.79. The number of rotatable bonds is 6. The summed E-state index contributed by atoms with van der Waals surface area (Å²) in [6.07, 6.45) is 1.64. The van der Waals surface area contributed by atoms with Crippen LogP contribution in [0.5, 0.6) is 0 Å². The van der Waals surface area contributed by atoms with Crippen LogP contribution in [0.15, 0.2) is 24.3 Å². The monoisotopic (exact) mass is 247 g/mol. The molecule has 0 aliphatic heterocycles. The Morgan fingerprint density at radius 2 is 1.72 bits per heavy atom. The van der Waals surface area contributed by atoms with E-state index in [0.717, 1.165) is 19.5 Å². The quantitative estimate of drug-likeness (QED) is 0.783. The number of carbonyl (C=O) groups is 1. The molecule has 0 unspecified atom stereocenters. The van der Waals surface area contributed by atoms with Crippen LogP contribution < -0.4 is 5.32 Å². The molecule has 0 aliphatic carbocycles. The van der Waals surface area contributed by atoms with Crippen molar-refractivity contribution in [2.75, 3.05) is 13.1 Å². The van der Waals surface area contributed by atoms with Crippen LogP contribution in [0.25, 0.3) is 0 Å². The summed E-state index contributed by atoms with van der Waals surface area (Å²) >= 11 is 0. The molecule has 0 fully saturated rings. The van der Waals surface area contributed by atoms with Gasteiger partial charge < -0.3 is 5.32 Å². The molecule has 1 N–H and O–H groups in total. The molecular formula is C16H25NO. The zero-order valence-corrected chi connectivity index (χ0v) is 12.0. The molecule has 0 spiro atoms. The first kappa shape index (κ1) is 14.9. The van der Waals surface area contributed by atoms with Crippen molar-refractivity contribution in [2.24, 2.45) is 0 Å². The lowest BCUT2D eigenvalue weighted by atomic mass is 9.86. The average molecular weight is 247 g/mol. The molecule has 0 atom stereocenters. The highest BCUT2D eigenvalue weighted by molar-refractivity contribution is 5.75. The van der Waals surface area contributed by atoms with Gasteiger partial charge in [-0.25, -0.2) is 0 Å². The second kappa shape index (κ2) is 6.69. The Labute approximate surface area is 111 Å². The van der Waals surface area contributed by atoms with Gasteiger partial charge in [0.2, 0.25) is 0 Å². The second-order valence-corrected chi connectivity index (χ2v) is 5.90. The van der Waals surface area contributed by atoms with Crippen molar-refractivity contribution in [3.63, 3.8) is 0 Å². The van der Waals surface area contributed by atoms with E-state index in [0.29, 0.717) is 6.42 Å². The minimum atomic E-state index is 0.221. The molecule has 0 saturated carbocycles. The highest BCUT2D eigenvalue weighted by atomic mass is 16.1. The summed E-state index contributed by atoms with van der Waals surface area (Å²) in [5.41, 5.74) is 2.94. The van der Waals surface area contributed by atoms with Crippen molar-refractivity contribution < 1.29 is 4.79 Å². The largest absolute Gasteiger partial charge is 0.316 e. The van der Waals surface area contributed by atoms with Crippen LogP contribution >= 0.6 is 0 Å². The van der Waals surface area contributed by atoms with Crippen LogP contribution in [0.2, 0.25) is 0 Å². The lowest BCUT2D eigenvalue weighted by Gasteiger charge is -2.19. The average Bonchev–Trinajstić information content (AvgIpc) is 2.27. The smallest absolute Gasteiger partial charge is 0.131 e. The van der Waals surface area contributed by atoms with Crippen molar-refractivity contribution in [3.8, 4) is 0 Å². The van der Waals surface area contributed by atoms with E-state index < -0.39 is 0 Å². The van der Waals surface area contributed by atoms with E-state index in [4.69, 9.17) is 0 Å². The number of benzene rings is 1. The van der Waals surface area contributed by atoms with Crippen LogP contribution in [0.4, 0.5) is 0 Å². The molecule has 0 aromatic heterocycles. The minimum absolute atomic E-state index is 0.221. The van der Waals surface area contributed by atoms with Gasteiger partial charge in [-0.05, 0) is 36.4 Å². The van der Waals surface area contributed by atoms with Crippen LogP contribution in [-0.4, -0.2) is 18.9 Å². The molecule has 0 aliphatic rings. The van der Waals surface area contributed by atoms with Crippen molar-refractivity contribution in [2.45, 2.75) is 46.0 Å². The number of carbonyl (C=O) groups excluding carboxylic acids is 1. The zero-order chi connectivity index (χ0) is 13.6. The maximum absolute atomic E-state index is 10.8.